The maximum Gasteiger partial charge on any atom is 0.297 e. The van der Waals surface area contributed by atoms with Crippen LogP contribution in [0.2, 0.25) is 5.02 Å². The number of ketones is 2. The number of nitro benzene ring substituents is 1. The van der Waals surface area contributed by atoms with Gasteiger partial charge in [0.05, 0.1) is 22.1 Å². The summed E-state index contributed by atoms with van der Waals surface area (Å²) in [5.74, 6) is -3.95. The Kier molecular flexibility index (Phi) is 7.80. The van der Waals surface area contributed by atoms with Gasteiger partial charge < -0.3 is 0 Å². The summed E-state index contributed by atoms with van der Waals surface area (Å²) < 4.78 is 26.4. The van der Waals surface area contributed by atoms with E-state index in [0.717, 1.165) is 40.9 Å². The maximum atomic E-state index is 13.7. The zero-order valence-corrected chi connectivity index (χ0v) is 25.4. The van der Waals surface area contributed by atoms with Crippen molar-refractivity contribution >= 4 is 61.1 Å². The average molecular weight is 638 g/mol. The van der Waals surface area contributed by atoms with E-state index in [1.165, 1.54) is 24.3 Å². The van der Waals surface area contributed by atoms with Gasteiger partial charge in [-0.3, -0.25) is 29.4 Å². The minimum Gasteiger partial charge on any atom is -0.293 e. The molecule has 0 saturated carbocycles. The molecular formula is C30H24ClN3O7S2. The molecule has 220 valence electrons. The molecular weight excluding hydrogens is 614 g/mol. The second-order valence-corrected chi connectivity index (χ2v) is 14.5. The van der Waals surface area contributed by atoms with Crippen molar-refractivity contribution in [1.82, 2.24) is 4.98 Å². The molecule has 3 aromatic carbocycles. The number of sulfone groups is 1. The Balaban J connectivity index is 1.59. The van der Waals surface area contributed by atoms with E-state index in [9.17, 15) is 32.9 Å². The summed E-state index contributed by atoms with van der Waals surface area (Å²) in [5, 5.41) is 11.3. The SMILES string of the molecule is CC(C)(C)c1ccc(C2C(C(=O)c3ccc(Cl)cc3)C(=O)C(=O)N2c2ncc(S(=O)(=O)c3ccc([N+](=O)[O-])cc3)s2)cc1. The number of thiazole rings is 1. The molecule has 1 amide bonds. The Morgan fingerprint density at radius 3 is 2.14 bits per heavy atom. The van der Waals surface area contributed by atoms with Crippen molar-refractivity contribution < 1.29 is 27.7 Å². The Labute approximate surface area is 256 Å². The molecule has 1 aliphatic heterocycles. The third-order valence-electron chi connectivity index (χ3n) is 7.14. The van der Waals surface area contributed by atoms with E-state index < -0.39 is 44.2 Å². The van der Waals surface area contributed by atoms with E-state index in [-0.39, 0.29) is 30.9 Å². The van der Waals surface area contributed by atoms with Gasteiger partial charge in [-0.05, 0) is 52.9 Å². The number of hydrogen-bond donors (Lipinski definition) is 0. The van der Waals surface area contributed by atoms with E-state index in [1.807, 2.05) is 32.9 Å². The van der Waals surface area contributed by atoms with Crippen molar-refractivity contribution in [2.75, 3.05) is 4.90 Å². The largest absolute Gasteiger partial charge is 0.297 e. The first kappa shape index (κ1) is 30.2. The molecule has 2 heterocycles. The van der Waals surface area contributed by atoms with Crippen LogP contribution >= 0.6 is 22.9 Å². The Morgan fingerprint density at radius 2 is 1.58 bits per heavy atom. The molecule has 43 heavy (non-hydrogen) atoms. The maximum absolute atomic E-state index is 13.7. The van der Waals surface area contributed by atoms with Crippen LogP contribution in [0.5, 0.6) is 0 Å². The summed E-state index contributed by atoms with van der Waals surface area (Å²) in [4.78, 5) is 56.1. The predicted molar refractivity (Wildman–Crippen MR) is 160 cm³/mol. The van der Waals surface area contributed by atoms with Crippen molar-refractivity contribution in [3.05, 3.63) is 111 Å². The zero-order valence-electron chi connectivity index (χ0n) is 23.1. The third-order valence-corrected chi connectivity index (χ3v) is 10.6. The van der Waals surface area contributed by atoms with Crippen LogP contribution in [0.25, 0.3) is 0 Å². The summed E-state index contributed by atoms with van der Waals surface area (Å²) in [6.45, 7) is 6.10. The van der Waals surface area contributed by atoms with Crippen molar-refractivity contribution in [2.45, 2.75) is 41.3 Å². The Hall–Kier alpha value is -4.26. The molecule has 5 rings (SSSR count). The van der Waals surface area contributed by atoms with Crippen LogP contribution in [0.3, 0.4) is 0 Å². The standard InChI is InChI=1S/C30H24ClN3O7S2/c1-30(2,3)19-8-4-17(5-9-19)25-24(26(35)18-6-10-20(31)11-7-18)27(36)28(37)33(25)29-32-16-23(42-29)43(40,41)22-14-12-21(13-15-22)34(38)39/h4-16,24-25H,1-3H3. The first-order valence-corrected chi connectivity index (χ1v) is 15.6. The fourth-order valence-corrected chi connectivity index (χ4v) is 7.48. The minimum absolute atomic E-state index is 0.0878. The topological polar surface area (TPSA) is 145 Å². The third kappa shape index (κ3) is 5.61. The molecule has 13 heteroatoms. The molecule has 0 N–H and O–H groups in total. The number of nitrogens with zero attached hydrogens (tertiary/aromatic N) is 3. The van der Waals surface area contributed by atoms with Gasteiger partial charge in [0.2, 0.25) is 15.6 Å². The lowest BCUT2D eigenvalue weighted by atomic mass is 9.83. The van der Waals surface area contributed by atoms with E-state index in [0.29, 0.717) is 21.9 Å². The quantitative estimate of drug-likeness (QED) is 0.0790. The van der Waals surface area contributed by atoms with Crippen LogP contribution in [-0.4, -0.2) is 35.8 Å². The predicted octanol–water partition coefficient (Wildman–Crippen LogP) is 5.99. The van der Waals surface area contributed by atoms with E-state index in [1.54, 1.807) is 12.1 Å². The smallest absolute Gasteiger partial charge is 0.293 e. The number of hydrogen-bond acceptors (Lipinski definition) is 9. The van der Waals surface area contributed by atoms with Gasteiger partial charge in [-0.25, -0.2) is 13.4 Å². The van der Waals surface area contributed by atoms with Crippen LogP contribution in [0.15, 0.2) is 88.1 Å². The van der Waals surface area contributed by atoms with Crippen LogP contribution in [-0.2, 0) is 24.8 Å². The average Bonchev–Trinajstić information content (AvgIpc) is 3.56. The number of anilines is 1. The number of aromatic nitrogens is 1. The van der Waals surface area contributed by atoms with E-state index in [4.69, 9.17) is 11.6 Å². The minimum atomic E-state index is -4.17. The number of non-ortho nitro benzene ring substituents is 1. The highest BCUT2D eigenvalue weighted by molar-refractivity contribution is 7.93. The first-order chi connectivity index (χ1) is 20.2. The molecule has 0 bridgehead atoms. The number of Topliss-reactive ketones (excluding diaryl/α,β-unsaturated/α-hetero) is 2. The fraction of sp³-hybridized carbons (Fsp3) is 0.200. The number of nitro groups is 1. The summed E-state index contributed by atoms with van der Waals surface area (Å²) in [6, 6.07) is 16.4. The molecule has 10 nitrogen and oxygen atoms in total. The Bertz CT molecular complexity index is 1860. The molecule has 2 atom stereocenters. The molecule has 0 radical (unpaired) electrons. The number of carbonyl (C=O) groups is 3. The summed E-state index contributed by atoms with van der Waals surface area (Å²) in [5.41, 5.74) is 1.21. The highest BCUT2D eigenvalue weighted by Gasteiger charge is 2.53. The highest BCUT2D eigenvalue weighted by atomic mass is 35.5. The van der Waals surface area contributed by atoms with Gasteiger partial charge in [-0.15, -0.1) is 0 Å². The molecule has 2 unspecified atom stereocenters. The van der Waals surface area contributed by atoms with Crippen molar-refractivity contribution in [1.29, 1.82) is 0 Å². The van der Waals surface area contributed by atoms with Crippen LogP contribution in [0, 0.1) is 16.0 Å². The number of rotatable bonds is 7. The first-order valence-electron chi connectivity index (χ1n) is 12.9. The van der Waals surface area contributed by atoms with E-state index in [2.05, 4.69) is 4.98 Å². The fourth-order valence-electron chi connectivity index (χ4n) is 4.80. The van der Waals surface area contributed by atoms with Crippen LogP contribution in [0.1, 0.15) is 48.3 Å². The van der Waals surface area contributed by atoms with Gasteiger partial charge in [-0.1, -0.05) is 68.0 Å². The second-order valence-electron chi connectivity index (χ2n) is 10.9. The lowest BCUT2D eigenvalue weighted by molar-refractivity contribution is -0.384. The number of carbonyl (C=O) groups excluding carboxylic acids is 3. The summed E-state index contributed by atoms with van der Waals surface area (Å²) >= 11 is 6.64. The molecule has 4 aromatic rings. The van der Waals surface area contributed by atoms with Crippen molar-refractivity contribution in [3.8, 4) is 0 Å². The van der Waals surface area contributed by atoms with E-state index >= 15 is 0 Å². The molecule has 1 saturated heterocycles. The monoisotopic (exact) mass is 637 g/mol. The van der Waals surface area contributed by atoms with Gasteiger partial charge in [-0.2, -0.15) is 0 Å². The summed E-state index contributed by atoms with van der Waals surface area (Å²) in [7, 11) is -4.17. The molecule has 0 aliphatic carbocycles. The van der Waals surface area contributed by atoms with Gasteiger partial charge >= 0.3 is 0 Å². The number of halogens is 1. The molecule has 1 aliphatic rings. The Morgan fingerprint density at radius 1 is 0.977 bits per heavy atom. The number of benzene rings is 3. The zero-order chi connectivity index (χ0) is 31.3. The lowest BCUT2D eigenvalue weighted by Crippen LogP contribution is -2.30. The van der Waals surface area contributed by atoms with Crippen molar-refractivity contribution in [2.24, 2.45) is 5.92 Å². The van der Waals surface area contributed by atoms with Crippen LogP contribution < -0.4 is 4.90 Å². The van der Waals surface area contributed by atoms with Crippen molar-refractivity contribution in [3.63, 3.8) is 0 Å². The molecule has 0 spiro atoms. The number of amides is 1. The van der Waals surface area contributed by atoms with Crippen LogP contribution in [0.4, 0.5) is 10.8 Å². The molecule has 1 fully saturated rings. The molecule has 1 aromatic heterocycles. The van der Waals surface area contributed by atoms with Gasteiger partial charge in [0.1, 0.15) is 10.1 Å². The normalized spacial score (nSPS) is 17.3. The highest BCUT2D eigenvalue weighted by Crippen LogP contribution is 2.44. The summed E-state index contributed by atoms with van der Waals surface area (Å²) in [6.07, 6.45) is 1.06. The van der Waals surface area contributed by atoms with Gasteiger partial charge in [0.15, 0.2) is 10.9 Å². The lowest BCUT2D eigenvalue weighted by Gasteiger charge is -2.26. The van der Waals surface area contributed by atoms with Gasteiger partial charge in [0, 0.05) is 22.7 Å². The van der Waals surface area contributed by atoms with Gasteiger partial charge in [0.25, 0.3) is 11.6 Å². The second kappa shape index (κ2) is 11.1.